The Morgan fingerprint density at radius 1 is 1.33 bits per heavy atom. The maximum absolute atomic E-state index is 12.0. The van der Waals surface area contributed by atoms with Crippen molar-refractivity contribution in [2.75, 3.05) is 0 Å². The molecule has 2 saturated heterocycles. The number of carbonyl (C=O) groups is 1. The molecule has 0 aromatic carbocycles. The standard InChI is InChI=1S/C20H28O4/c1-12-7-8-16(21)13(2)6-5-9-20(4)18(24-20)11-15-14(3)19(22)23-17(15)10-12/h6-7,15-18,21H,3,5,8-11H2,1-2,4H3. The second kappa shape index (κ2) is 6.49. The number of hydrogen-bond donors (Lipinski definition) is 1. The van der Waals surface area contributed by atoms with E-state index in [0.717, 1.165) is 30.4 Å². The Hall–Kier alpha value is -1.39. The van der Waals surface area contributed by atoms with E-state index in [1.54, 1.807) is 0 Å². The summed E-state index contributed by atoms with van der Waals surface area (Å²) in [5.74, 6) is -0.250. The highest BCUT2D eigenvalue weighted by Gasteiger charge is 2.54. The van der Waals surface area contributed by atoms with Crippen LogP contribution in [-0.2, 0) is 14.3 Å². The minimum Gasteiger partial charge on any atom is -0.458 e. The summed E-state index contributed by atoms with van der Waals surface area (Å²) in [7, 11) is 0. The van der Waals surface area contributed by atoms with Gasteiger partial charge in [-0.3, -0.25) is 0 Å². The van der Waals surface area contributed by atoms with Gasteiger partial charge < -0.3 is 14.6 Å². The molecule has 4 heteroatoms. The van der Waals surface area contributed by atoms with Gasteiger partial charge in [-0.15, -0.1) is 0 Å². The number of allylic oxidation sites excluding steroid dienone is 1. The van der Waals surface area contributed by atoms with Gasteiger partial charge in [0.25, 0.3) is 0 Å². The van der Waals surface area contributed by atoms with Crippen LogP contribution in [0.1, 0.15) is 52.9 Å². The van der Waals surface area contributed by atoms with E-state index in [0.29, 0.717) is 18.4 Å². The average Bonchev–Trinajstić information content (AvgIpc) is 3.09. The van der Waals surface area contributed by atoms with Crippen LogP contribution >= 0.6 is 0 Å². The van der Waals surface area contributed by atoms with Crippen LogP contribution in [0, 0.1) is 5.92 Å². The van der Waals surface area contributed by atoms with E-state index in [-0.39, 0.29) is 29.7 Å². The molecule has 0 bridgehead atoms. The van der Waals surface area contributed by atoms with E-state index in [4.69, 9.17) is 9.47 Å². The first-order chi connectivity index (χ1) is 11.3. The number of aliphatic hydroxyl groups excluding tert-OH is 1. The quantitative estimate of drug-likeness (QED) is 0.319. The van der Waals surface area contributed by atoms with E-state index in [9.17, 15) is 9.90 Å². The zero-order chi connectivity index (χ0) is 17.5. The fourth-order valence-electron chi connectivity index (χ4n) is 3.81. The molecule has 132 valence electrons. The number of epoxide rings is 1. The third kappa shape index (κ3) is 3.50. The van der Waals surface area contributed by atoms with Crippen molar-refractivity contribution >= 4 is 5.97 Å². The predicted octanol–water partition coefficient (Wildman–Crippen LogP) is 3.46. The number of aliphatic hydroxyl groups is 1. The van der Waals surface area contributed by atoms with Crippen LogP contribution in [0.2, 0.25) is 0 Å². The predicted molar refractivity (Wildman–Crippen MR) is 92.4 cm³/mol. The molecule has 1 N–H and O–H groups in total. The van der Waals surface area contributed by atoms with Gasteiger partial charge in [-0.1, -0.05) is 24.3 Å². The second-order valence-electron chi connectivity index (χ2n) is 7.72. The van der Waals surface area contributed by atoms with Gasteiger partial charge >= 0.3 is 5.97 Å². The van der Waals surface area contributed by atoms with E-state index in [1.165, 1.54) is 0 Å². The summed E-state index contributed by atoms with van der Waals surface area (Å²) in [6, 6.07) is 0. The minimum atomic E-state index is -0.455. The molecule has 0 aromatic rings. The van der Waals surface area contributed by atoms with Gasteiger partial charge in [-0.2, -0.15) is 0 Å². The molecule has 0 amide bonds. The number of carbonyl (C=O) groups excluding carboxylic acids is 1. The maximum Gasteiger partial charge on any atom is 0.334 e. The van der Waals surface area contributed by atoms with E-state index in [2.05, 4.69) is 25.7 Å². The lowest BCUT2D eigenvalue weighted by Gasteiger charge is -2.19. The van der Waals surface area contributed by atoms with Crippen LogP contribution in [-0.4, -0.2) is 35.0 Å². The smallest absolute Gasteiger partial charge is 0.334 e. The summed E-state index contributed by atoms with van der Waals surface area (Å²) in [5, 5.41) is 10.3. The molecular formula is C20H28O4. The Kier molecular flexibility index (Phi) is 4.71. The molecule has 1 aliphatic carbocycles. The zero-order valence-electron chi connectivity index (χ0n) is 14.9. The molecule has 2 aliphatic heterocycles. The second-order valence-corrected chi connectivity index (χ2v) is 7.72. The highest BCUT2D eigenvalue weighted by Crippen LogP contribution is 2.47. The monoisotopic (exact) mass is 332 g/mol. The van der Waals surface area contributed by atoms with Crippen LogP contribution in [0.25, 0.3) is 0 Å². The third-order valence-electron chi connectivity index (χ3n) is 5.77. The summed E-state index contributed by atoms with van der Waals surface area (Å²) >= 11 is 0. The lowest BCUT2D eigenvalue weighted by atomic mass is 9.85. The topological polar surface area (TPSA) is 59.1 Å². The Bertz CT molecular complexity index is 603. The van der Waals surface area contributed by atoms with Crippen molar-refractivity contribution in [2.24, 2.45) is 5.92 Å². The first-order valence-electron chi connectivity index (χ1n) is 8.88. The first kappa shape index (κ1) is 17.4. The zero-order valence-corrected chi connectivity index (χ0v) is 14.9. The SMILES string of the molecule is C=C1C(=O)OC2CC(C)=CCC(O)C(C)=CCCC3(C)OC3CC12. The lowest BCUT2D eigenvalue weighted by molar-refractivity contribution is -0.139. The van der Waals surface area contributed by atoms with Crippen LogP contribution in [0.3, 0.4) is 0 Å². The van der Waals surface area contributed by atoms with Gasteiger partial charge in [0.05, 0.1) is 17.8 Å². The molecule has 0 spiro atoms. The first-order valence-corrected chi connectivity index (χ1v) is 8.88. The average molecular weight is 332 g/mol. The van der Waals surface area contributed by atoms with Crippen LogP contribution in [0.4, 0.5) is 0 Å². The van der Waals surface area contributed by atoms with Gasteiger partial charge in [-0.25, -0.2) is 4.79 Å². The normalized spacial score (nSPS) is 40.7. The van der Waals surface area contributed by atoms with Gasteiger partial charge in [0.1, 0.15) is 6.10 Å². The summed E-state index contributed by atoms with van der Waals surface area (Å²) in [5.41, 5.74) is 2.59. The lowest BCUT2D eigenvalue weighted by Crippen LogP contribution is -2.21. The summed E-state index contributed by atoms with van der Waals surface area (Å²) < 4.78 is 11.5. The van der Waals surface area contributed by atoms with Crippen molar-refractivity contribution < 1.29 is 19.4 Å². The molecule has 2 fully saturated rings. The van der Waals surface area contributed by atoms with Crippen LogP contribution in [0.15, 0.2) is 35.5 Å². The molecule has 4 nitrogen and oxygen atoms in total. The fraction of sp³-hybridized carbons (Fsp3) is 0.650. The van der Waals surface area contributed by atoms with Crippen molar-refractivity contribution in [1.29, 1.82) is 0 Å². The molecule has 3 aliphatic rings. The van der Waals surface area contributed by atoms with Crippen molar-refractivity contribution in [2.45, 2.75) is 76.8 Å². The van der Waals surface area contributed by atoms with Gasteiger partial charge in [0, 0.05) is 17.9 Å². The molecule has 0 aromatic heterocycles. The molecule has 24 heavy (non-hydrogen) atoms. The van der Waals surface area contributed by atoms with Crippen molar-refractivity contribution in [3.05, 3.63) is 35.5 Å². The minimum absolute atomic E-state index is 0.0258. The number of rotatable bonds is 0. The van der Waals surface area contributed by atoms with Crippen molar-refractivity contribution in [3.8, 4) is 0 Å². The van der Waals surface area contributed by atoms with E-state index >= 15 is 0 Å². The number of hydrogen-bond acceptors (Lipinski definition) is 4. The maximum atomic E-state index is 12.0. The molecular weight excluding hydrogens is 304 g/mol. The molecule has 5 unspecified atom stereocenters. The Balaban J connectivity index is 1.81. The van der Waals surface area contributed by atoms with Gasteiger partial charge in [-0.05, 0) is 52.0 Å². The van der Waals surface area contributed by atoms with Crippen LogP contribution in [0.5, 0.6) is 0 Å². The number of esters is 1. The molecule has 0 radical (unpaired) electrons. The van der Waals surface area contributed by atoms with Gasteiger partial charge in [0.2, 0.25) is 0 Å². The van der Waals surface area contributed by atoms with E-state index in [1.807, 2.05) is 13.8 Å². The largest absolute Gasteiger partial charge is 0.458 e. The van der Waals surface area contributed by atoms with Gasteiger partial charge in [0.15, 0.2) is 0 Å². The Morgan fingerprint density at radius 3 is 2.83 bits per heavy atom. The molecule has 5 atom stereocenters. The Morgan fingerprint density at radius 2 is 2.08 bits per heavy atom. The number of fused-ring (bicyclic) bond motifs is 2. The van der Waals surface area contributed by atoms with E-state index < -0.39 is 6.10 Å². The van der Waals surface area contributed by atoms with Crippen molar-refractivity contribution in [3.63, 3.8) is 0 Å². The Labute approximate surface area is 144 Å². The fourth-order valence-corrected chi connectivity index (χ4v) is 3.81. The summed E-state index contributed by atoms with van der Waals surface area (Å²) in [4.78, 5) is 12.0. The highest BCUT2D eigenvalue weighted by molar-refractivity contribution is 5.90. The third-order valence-corrected chi connectivity index (χ3v) is 5.77. The summed E-state index contributed by atoms with van der Waals surface area (Å²) in [6.45, 7) is 10.1. The number of ether oxygens (including phenoxy) is 2. The summed E-state index contributed by atoms with van der Waals surface area (Å²) in [6.07, 6.45) is 7.61. The molecule has 3 rings (SSSR count). The highest BCUT2D eigenvalue weighted by atomic mass is 16.6. The van der Waals surface area contributed by atoms with Crippen LogP contribution < -0.4 is 0 Å². The molecule has 0 saturated carbocycles. The van der Waals surface area contributed by atoms with Crippen molar-refractivity contribution in [1.82, 2.24) is 0 Å². The molecule has 2 heterocycles.